The van der Waals surface area contributed by atoms with Crippen LogP contribution in [-0.2, 0) is 4.74 Å². The molecule has 2 amide bonds. The van der Waals surface area contributed by atoms with Crippen molar-refractivity contribution in [1.29, 1.82) is 0 Å². The molecule has 0 saturated carbocycles. The normalized spacial score (nSPS) is 21.3. The lowest BCUT2D eigenvalue weighted by atomic mass is 10.0. The van der Waals surface area contributed by atoms with Gasteiger partial charge in [0.05, 0.1) is 21.2 Å². The molecule has 1 aromatic rings. The standard InChI is InChI=1S/C15H18ClF3N2O3S/c1-14(2,3)24-13(23)21-6-8(15(17,18)19)9(7-21)20-12(22)10-4-5-11(16)25-10/h4-5,8-9H,6-7H2,1-3H3,(H,20,22). The molecule has 140 valence electrons. The summed E-state index contributed by atoms with van der Waals surface area (Å²) in [5, 5.41) is 2.36. The summed E-state index contributed by atoms with van der Waals surface area (Å²) in [5.74, 6) is -2.51. The van der Waals surface area contributed by atoms with Crippen molar-refractivity contribution >= 4 is 34.9 Å². The number of ether oxygens (including phenoxy) is 1. The average Bonchev–Trinajstić information content (AvgIpc) is 3.02. The number of halogens is 4. The van der Waals surface area contributed by atoms with Crippen LogP contribution in [-0.4, -0.2) is 47.8 Å². The van der Waals surface area contributed by atoms with Crippen LogP contribution < -0.4 is 5.32 Å². The van der Waals surface area contributed by atoms with E-state index in [1.54, 1.807) is 20.8 Å². The molecular formula is C15H18ClF3N2O3S. The van der Waals surface area contributed by atoms with Gasteiger partial charge >= 0.3 is 12.3 Å². The van der Waals surface area contributed by atoms with Gasteiger partial charge in [-0.15, -0.1) is 11.3 Å². The molecule has 2 rings (SSSR count). The van der Waals surface area contributed by atoms with E-state index in [4.69, 9.17) is 16.3 Å². The molecule has 0 bridgehead atoms. The van der Waals surface area contributed by atoms with Crippen LogP contribution in [0.15, 0.2) is 12.1 Å². The Morgan fingerprint density at radius 2 is 1.92 bits per heavy atom. The molecule has 1 N–H and O–H groups in total. The number of nitrogens with one attached hydrogen (secondary N) is 1. The van der Waals surface area contributed by atoms with E-state index in [1.165, 1.54) is 12.1 Å². The molecule has 10 heteroatoms. The molecule has 1 aliphatic rings. The molecule has 1 saturated heterocycles. The summed E-state index contributed by atoms with van der Waals surface area (Å²) < 4.78 is 45.4. The number of nitrogens with zero attached hydrogens (tertiary/aromatic N) is 1. The van der Waals surface area contributed by atoms with Crippen LogP contribution in [0.4, 0.5) is 18.0 Å². The molecule has 25 heavy (non-hydrogen) atoms. The van der Waals surface area contributed by atoms with Gasteiger partial charge in [-0.25, -0.2) is 4.79 Å². The summed E-state index contributed by atoms with van der Waals surface area (Å²) in [6.45, 7) is 4.05. The first-order chi connectivity index (χ1) is 11.4. The van der Waals surface area contributed by atoms with Crippen LogP contribution in [0.25, 0.3) is 0 Å². The molecule has 5 nitrogen and oxygen atoms in total. The molecule has 1 aromatic heterocycles. The largest absolute Gasteiger partial charge is 0.444 e. The van der Waals surface area contributed by atoms with E-state index in [-0.39, 0.29) is 11.4 Å². The molecule has 2 unspecified atom stereocenters. The van der Waals surface area contributed by atoms with E-state index in [2.05, 4.69) is 5.32 Å². The fourth-order valence-electron chi connectivity index (χ4n) is 2.43. The first kappa shape index (κ1) is 19.8. The maximum absolute atomic E-state index is 13.3. The van der Waals surface area contributed by atoms with Crippen molar-refractivity contribution in [2.45, 2.75) is 38.6 Å². The van der Waals surface area contributed by atoms with Gasteiger partial charge in [-0.2, -0.15) is 13.2 Å². The lowest BCUT2D eigenvalue weighted by Crippen LogP contribution is -2.45. The predicted octanol–water partition coefficient (Wildman–Crippen LogP) is 3.93. The number of carbonyl (C=O) groups is 2. The van der Waals surface area contributed by atoms with Crippen LogP contribution >= 0.6 is 22.9 Å². The SMILES string of the molecule is CC(C)(C)OC(=O)N1CC(NC(=O)c2ccc(Cl)s2)C(C(F)(F)F)C1. The molecule has 1 aliphatic heterocycles. The third-order valence-corrected chi connectivity index (χ3v) is 4.74. The van der Waals surface area contributed by atoms with Crippen LogP contribution in [0.5, 0.6) is 0 Å². The summed E-state index contributed by atoms with van der Waals surface area (Å²) in [6.07, 6.45) is -5.39. The lowest BCUT2D eigenvalue weighted by molar-refractivity contribution is -0.174. The minimum Gasteiger partial charge on any atom is -0.444 e. The zero-order valence-corrected chi connectivity index (χ0v) is 15.4. The van der Waals surface area contributed by atoms with Crippen LogP contribution in [0, 0.1) is 5.92 Å². The Morgan fingerprint density at radius 3 is 2.40 bits per heavy atom. The Bertz CT molecular complexity index is 657. The highest BCUT2D eigenvalue weighted by atomic mass is 35.5. The molecule has 2 atom stereocenters. The summed E-state index contributed by atoms with van der Waals surface area (Å²) >= 11 is 6.71. The summed E-state index contributed by atoms with van der Waals surface area (Å²) in [4.78, 5) is 25.4. The smallest absolute Gasteiger partial charge is 0.410 e. The third-order valence-electron chi connectivity index (χ3n) is 3.51. The first-order valence-corrected chi connectivity index (χ1v) is 8.67. The molecule has 0 aliphatic carbocycles. The monoisotopic (exact) mass is 398 g/mol. The Kier molecular flexibility index (Phi) is 5.58. The van der Waals surface area contributed by atoms with Crippen molar-refractivity contribution < 1.29 is 27.5 Å². The quantitative estimate of drug-likeness (QED) is 0.821. The Hall–Kier alpha value is -1.48. The van der Waals surface area contributed by atoms with Gasteiger partial charge in [0.2, 0.25) is 0 Å². The van der Waals surface area contributed by atoms with Gasteiger partial charge in [-0.1, -0.05) is 11.6 Å². The number of hydrogen-bond donors (Lipinski definition) is 1. The van der Waals surface area contributed by atoms with Gasteiger partial charge in [-0.05, 0) is 32.9 Å². The van der Waals surface area contributed by atoms with Gasteiger partial charge in [-0.3, -0.25) is 4.79 Å². The molecule has 0 spiro atoms. The summed E-state index contributed by atoms with van der Waals surface area (Å²) in [7, 11) is 0. The minimum atomic E-state index is -4.55. The number of likely N-dealkylation sites (tertiary alicyclic amines) is 1. The number of amides is 2. The van der Waals surface area contributed by atoms with Crippen molar-refractivity contribution in [2.75, 3.05) is 13.1 Å². The highest BCUT2D eigenvalue weighted by molar-refractivity contribution is 7.18. The number of thiophene rings is 1. The van der Waals surface area contributed by atoms with Gasteiger partial charge in [0, 0.05) is 13.1 Å². The first-order valence-electron chi connectivity index (χ1n) is 7.47. The van der Waals surface area contributed by atoms with E-state index in [0.717, 1.165) is 16.2 Å². The van der Waals surface area contributed by atoms with E-state index in [0.29, 0.717) is 4.34 Å². The second-order valence-corrected chi connectivity index (χ2v) is 8.43. The lowest BCUT2D eigenvalue weighted by Gasteiger charge is -2.24. The second kappa shape index (κ2) is 7.03. The Labute approximate surface area is 152 Å². The highest BCUT2D eigenvalue weighted by Gasteiger charge is 2.52. The molecule has 2 heterocycles. The average molecular weight is 399 g/mol. The van der Waals surface area contributed by atoms with Crippen molar-refractivity contribution in [3.63, 3.8) is 0 Å². The highest BCUT2D eigenvalue weighted by Crippen LogP contribution is 2.35. The van der Waals surface area contributed by atoms with Gasteiger partial charge < -0.3 is 15.0 Å². The zero-order chi connectivity index (χ0) is 19.0. The van der Waals surface area contributed by atoms with E-state index in [1.807, 2.05) is 0 Å². The minimum absolute atomic E-state index is 0.210. The van der Waals surface area contributed by atoms with E-state index in [9.17, 15) is 22.8 Å². The predicted molar refractivity (Wildman–Crippen MR) is 87.9 cm³/mol. The number of carbonyl (C=O) groups excluding carboxylic acids is 2. The van der Waals surface area contributed by atoms with Crippen molar-refractivity contribution in [3.05, 3.63) is 21.3 Å². The van der Waals surface area contributed by atoms with Crippen LogP contribution in [0.2, 0.25) is 4.34 Å². The van der Waals surface area contributed by atoms with Crippen LogP contribution in [0.1, 0.15) is 30.4 Å². The van der Waals surface area contributed by atoms with Crippen molar-refractivity contribution in [1.82, 2.24) is 10.2 Å². The second-order valence-electron chi connectivity index (χ2n) is 6.72. The van der Waals surface area contributed by atoms with E-state index >= 15 is 0 Å². The van der Waals surface area contributed by atoms with Gasteiger partial charge in [0.25, 0.3) is 5.91 Å². The fraction of sp³-hybridized carbons (Fsp3) is 0.600. The fourth-order valence-corrected chi connectivity index (χ4v) is 3.38. The van der Waals surface area contributed by atoms with Crippen molar-refractivity contribution in [3.8, 4) is 0 Å². The molecule has 1 fully saturated rings. The van der Waals surface area contributed by atoms with Crippen molar-refractivity contribution in [2.24, 2.45) is 5.92 Å². The summed E-state index contributed by atoms with van der Waals surface area (Å²) in [5.41, 5.74) is -0.820. The van der Waals surface area contributed by atoms with Gasteiger partial charge in [0.1, 0.15) is 5.60 Å². The van der Waals surface area contributed by atoms with E-state index < -0.39 is 42.3 Å². The number of hydrogen-bond acceptors (Lipinski definition) is 4. The van der Waals surface area contributed by atoms with Gasteiger partial charge in [0.15, 0.2) is 0 Å². The topological polar surface area (TPSA) is 58.6 Å². The summed E-state index contributed by atoms with van der Waals surface area (Å²) in [6, 6.07) is 1.68. The Morgan fingerprint density at radius 1 is 1.28 bits per heavy atom. The maximum Gasteiger partial charge on any atom is 0.410 e. The maximum atomic E-state index is 13.3. The molecule has 0 radical (unpaired) electrons. The zero-order valence-electron chi connectivity index (χ0n) is 13.8. The number of rotatable bonds is 2. The molecular weight excluding hydrogens is 381 g/mol. The number of alkyl halides is 3. The molecule has 0 aromatic carbocycles. The van der Waals surface area contributed by atoms with Crippen LogP contribution in [0.3, 0.4) is 0 Å². The Balaban J connectivity index is 2.11. The third kappa shape index (κ3) is 5.24.